The van der Waals surface area contributed by atoms with Crippen molar-refractivity contribution < 1.29 is 9.18 Å². The average Bonchev–Trinajstić information content (AvgIpc) is 2.92. The van der Waals surface area contributed by atoms with E-state index in [1.165, 1.54) is 23.9 Å². The quantitative estimate of drug-likeness (QED) is 0.805. The third-order valence-electron chi connectivity index (χ3n) is 2.62. The summed E-state index contributed by atoms with van der Waals surface area (Å²) in [4.78, 5) is 18.8. The lowest BCUT2D eigenvalue weighted by molar-refractivity contribution is -0.118. The van der Waals surface area contributed by atoms with Crippen LogP contribution in [-0.4, -0.2) is 28.2 Å². The van der Waals surface area contributed by atoms with E-state index in [0.29, 0.717) is 17.5 Å². The molecule has 0 aliphatic heterocycles. The molecule has 1 heterocycles. The molecule has 6 heteroatoms. The largest absolute Gasteiger partial charge is 0.355 e. The van der Waals surface area contributed by atoms with Gasteiger partial charge in [0.2, 0.25) is 5.91 Å². The van der Waals surface area contributed by atoms with Gasteiger partial charge in [0.05, 0.1) is 17.6 Å². The van der Waals surface area contributed by atoms with E-state index in [9.17, 15) is 9.18 Å². The predicted octanol–water partition coefficient (Wildman–Crippen LogP) is 2.83. The van der Waals surface area contributed by atoms with Crippen LogP contribution in [0.15, 0.2) is 35.6 Å². The molecule has 0 spiro atoms. The molecule has 1 aromatic carbocycles. The van der Waals surface area contributed by atoms with E-state index in [0.717, 1.165) is 17.7 Å². The molecule has 2 N–H and O–H groups in total. The van der Waals surface area contributed by atoms with Crippen molar-refractivity contribution in [3.05, 3.63) is 36.3 Å². The van der Waals surface area contributed by atoms with Gasteiger partial charge in [0, 0.05) is 6.54 Å². The van der Waals surface area contributed by atoms with Crippen LogP contribution in [0.1, 0.15) is 13.3 Å². The predicted molar refractivity (Wildman–Crippen MR) is 78.0 cm³/mol. The number of nitrogens with one attached hydrogen (secondary N) is 2. The molecule has 106 valence electrons. The number of thioether (sulfide) groups is 1. The molecule has 0 radical (unpaired) electrons. The van der Waals surface area contributed by atoms with Crippen LogP contribution in [0, 0.1) is 5.82 Å². The first-order chi connectivity index (χ1) is 9.69. The number of aromatic amines is 1. The van der Waals surface area contributed by atoms with Crippen molar-refractivity contribution in [3.8, 4) is 11.3 Å². The Morgan fingerprint density at radius 1 is 1.40 bits per heavy atom. The summed E-state index contributed by atoms with van der Waals surface area (Å²) >= 11 is 1.34. The van der Waals surface area contributed by atoms with Crippen molar-refractivity contribution in [2.45, 2.75) is 18.5 Å². The Balaban J connectivity index is 1.92. The van der Waals surface area contributed by atoms with Crippen LogP contribution in [0.25, 0.3) is 11.3 Å². The fourth-order valence-corrected chi connectivity index (χ4v) is 2.28. The average molecular weight is 293 g/mol. The maximum Gasteiger partial charge on any atom is 0.230 e. The molecule has 0 saturated carbocycles. The summed E-state index contributed by atoms with van der Waals surface area (Å²) in [5.74, 6) is 0.0585. The zero-order valence-corrected chi connectivity index (χ0v) is 12.0. The first kappa shape index (κ1) is 14.6. The summed E-state index contributed by atoms with van der Waals surface area (Å²) in [5, 5.41) is 3.48. The topological polar surface area (TPSA) is 57.8 Å². The van der Waals surface area contributed by atoms with Crippen LogP contribution in [-0.2, 0) is 4.79 Å². The lowest BCUT2D eigenvalue weighted by Gasteiger charge is -2.01. The summed E-state index contributed by atoms with van der Waals surface area (Å²) in [6.07, 6.45) is 2.60. The third-order valence-corrected chi connectivity index (χ3v) is 3.51. The van der Waals surface area contributed by atoms with Gasteiger partial charge in [0.1, 0.15) is 5.82 Å². The molecule has 0 bridgehead atoms. The number of imidazole rings is 1. The molecule has 2 aromatic rings. The second-order valence-corrected chi connectivity index (χ2v) is 5.21. The van der Waals surface area contributed by atoms with Gasteiger partial charge < -0.3 is 10.3 Å². The minimum atomic E-state index is -0.268. The van der Waals surface area contributed by atoms with E-state index in [4.69, 9.17) is 0 Å². The molecule has 4 nitrogen and oxygen atoms in total. The van der Waals surface area contributed by atoms with Gasteiger partial charge in [-0.3, -0.25) is 4.79 Å². The van der Waals surface area contributed by atoms with Crippen LogP contribution >= 0.6 is 11.8 Å². The van der Waals surface area contributed by atoms with E-state index < -0.39 is 0 Å². The molecule has 0 unspecified atom stereocenters. The van der Waals surface area contributed by atoms with Gasteiger partial charge in [0.25, 0.3) is 0 Å². The summed E-state index contributed by atoms with van der Waals surface area (Å²) in [6, 6.07) is 6.18. The maximum absolute atomic E-state index is 12.8. The molecule has 2 rings (SSSR count). The van der Waals surface area contributed by atoms with Gasteiger partial charge in [-0.2, -0.15) is 0 Å². The van der Waals surface area contributed by atoms with E-state index in [1.807, 2.05) is 6.92 Å². The SMILES string of the molecule is CCCNC(=O)CSc1ncc(-c2ccc(F)cc2)[nH]1. The van der Waals surface area contributed by atoms with Gasteiger partial charge in [-0.05, 0) is 36.2 Å². The molecule has 20 heavy (non-hydrogen) atoms. The number of rotatable bonds is 6. The molecule has 0 aliphatic rings. The van der Waals surface area contributed by atoms with Crippen molar-refractivity contribution in [1.82, 2.24) is 15.3 Å². The molecule has 1 amide bonds. The molecule has 0 fully saturated rings. The first-order valence-electron chi connectivity index (χ1n) is 6.39. The van der Waals surface area contributed by atoms with Crippen LogP contribution < -0.4 is 5.32 Å². The number of nitrogens with zero attached hydrogens (tertiary/aromatic N) is 1. The number of halogens is 1. The monoisotopic (exact) mass is 293 g/mol. The molecular weight excluding hydrogens is 277 g/mol. The number of benzene rings is 1. The summed E-state index contributed by atoms with van der Waals surface area (Å²) in [7, 11) is 0. The van der Waals surface area contributed by atoms with E-state index in [2.05, 4.69) is 15.3 Å². The second kappa shape index (κ2) is 7.09. The number of hydrogen-bond acceptors (Lipinski definition) is 3. The van der Waals surface area contributed by atoms with Crippen molar-refractivity contribution >= 4 is 17.7 Å². The zero-order chi connectivity index (χ0) is 14.4. The lowest BCUT2D eigenvalue weighted by Crippen LogP contribution is -2.25. The Morgan fingerprint density at radius 2 is 2.15 bits per heavy atom. The van der Waals surface area contributed by atoms with Crippen LogP contribution in [0.4, 0.5) is 4.39 Å². The van der Waals surface area contributed by atoms with Crippen LogP contribution in [0.3, 0.4) is 0 Å². The Kier molecular flexibility index (Phi) is 5.17. The van der Waals surface area contributed by atoms with E-state index in [-0.39, 0.29) is 11.7 Å². The highest BCUT2D eigenvalue weighted by Gasteiger charge is 2.06. The summed E-state index contributed by atoms with van der Waals surface area (Å²) in [6.45, 7) is 2.70. The standard InChI is InChI=1S/C14H16FN3OS/c1-2-7-16-13(19)9-20-14-17-8-12(18-14)10-3-5-11(15)6-4-10/h3-6,8H,2,7,9H2,1H3,(H,16,19)(H,17,18). The van der Waals surface area contributed by atoms with Gasteiger partial charge in [-0.25, -0.2) is 9.37 Å². The van der Waals surface area contributed by atoms with Crippen molar-refractivity contribution in [2.75, 3.05) is 12.3 Å². The second-order valence-electron chi connectivity index (χ2n) is 4.25. The molecule has 0 aliphatic carbocycles. The molecule has 0 saturated heterocycles. The van der Waals surface area contributed by atoms with Crippen molar-refractivity contribution in [3.63, 3.8) is 0 Å². The smallest absolute Gasteiger partial charge is 0.230 e. The van der Waals surface area contributed by atoms with Crippen molar-refractivity contribution in [1.29, 1.82) is 0 Å². The maximum atomic E-state index is 12.8. The highest BCUT2D eigenvalue weighted by atomic mass is 32.2. The third kappa shape index (κ3) is 4.09. The first-order valence-corrected chi connectivity index (χ1v) is 7.38. The van der Waals surface area contributed by atoms with Gasteiger partial charge >= 0.3 is 0 Å². The molecule has 1 aromatic heterocycles. The molecular formula is C14H16FN3OS. The van der Waals surface area contributed by atoms with E-state index in [1.54, 1.807) is 18.3 Å². The summed E-state index contributed by atoms with van der Waals surface area (Å²) in [5.41, 5.74) is 1.67. The normalized spacial score (nSPS) is 10.5. The highest BCUT2D eigenvalue weighted by molar-refractivity contribution is 7.99. The Bertz CT molecular complexity index is 568. The minimum absolute atomic E-state index is 0.00316. The number of carbonyl (C=O) groups excluding carboxylic acids is 1. The number of aromatic nitrogens is 2. The Hall–Kier alpha value is -1.82. The Labute approximate surface area is 121 Å². The van der Waals surface area contributed by atoms with E-state index >= 15 is 0 Å². The highest BCUT2D eigenvalue weighted by Crippen LogP contribution is 2.21. The lowest BCUT2D eigenvalue weighted by atomic mass is 10.2. The van der Waals surface area contributed by atoms with Gasteiger partial charge in [-0.15, -0.1) is 0 Å². The summed E-state index contributed by atoms with van der Waals surface area (Å²) < 4.78 is 12.8. The number of amides is 1. The minimum Gasteiger partial charge on any atom is -0.355 e. The molecule has 0 atom stereocenters. The van der Waals surface area contributed by atoms with Gasteiger partial charge in [-0.1, -0.05) is 18.7 Å². The number of H-pyrrole nitrogens is 1. The van der Waals surface area contributed by atoms with Gasteiger partial charge in [0.15, 0.2) is 5.16 Å². The van der Waals surface area contributed by atoms with Crippen LogP contribution in [0.2, 0.25) is 0 Å². The zero-order valence-electron chi connectivity index (χ0n) is 11.1. The fraction of sp³-hybridized carbons (Fsp3) is 0.286. The van der Waals surface area contributed by atoms with Crippen LogP contribution in [0.5, 0.6) is 0 Å². The fourth-order valence-electron chi connectivity index (χ4n) is 1.60. The Morgan fingerprint density at radius 3 is 2.85 bits per heavy atom. The number of carbonyl (C=O) groups is 1. The van der Waals surface area contributed by atoms with Crippen molar-refractivity contribution in [2.24, 2.45) is 0 Å². The number of hydrogen-bond donors (Lipinski definition) is 2.